The normalized spacial score (nSPS) is 30.1. The predicted octanol–water partition coefficient (Wildman–Crippen LogP) is 5.01. The number of anilines is 1. The summed E-state index contributed by atoms with van der Waals surface area (Å²) in [6.45, 7) is 0. The van der Waals surface area contributed by atoms with Crippen LogP contribution >= 0.6 is 11.3 Å². The number of likely N-dealkylation sites (N-methyl/N-ethyl adjacent to an activating group) is 1. The Bertz CT molecular complexity index is 1170. The van der Waals surface area contributed by atoms with Crippen LogP contribution in [-0.4, -0.2) is 55.1 Å². The zero-order valence-corrected chi connectivity index (χ0v) is 18.2. The number of epoxide rings is 1. The zero-order chi connectivity index (χ0) is 21.3. The maximum absolute atomic E-state index is 14.1. The van der Waals surface area contributed by atoms with Crippen molar-refractivity contribution in [2.75, 3.05) is 19.4 Å². The molecule has 160 valence electrons. The summed E-state index contributed by atoms with van der Waals surface area (Å²) in [4.78, 5) is 12.8. The van der Waals surface area contributed by atoms with Crippen LogP contribution < -0.4 is 5.32 Å². The number of ether oxygens (including phenoxy) is 2. The van der Waals surface area contributed by atoms with Gasteiger partial charge >= 0.3 is 6.09 Å². The van der Waals surface area contributed by atoms with E-state index < -0.39 is 6.09 Å². The molecule has 2 aromatic carbocycles. The first-order valence-electron chi connectivity index (χ1n) is 10.6. The number of quaternary nitrogens is 1. The van der Waals surface area contributed by atoms with E-state index in [2.05, 4.69) is 19.4 Å². The fourth-order valence-corrected chi connectivity index (χ4v) is 6.59. The van der Waals surface area contributed by atoms with Crippen LogP contribution in [0.1, 0.15) is 12.8 Å². The maximum atomic E-state index is 14.1. The summed E-state index contributed by atoms with van der Waals surface area (Å²) in [6, 6.07) is 13.2. The molecule has 2 bridgehead atoms. The minimum Gasteiger partial charge on any atom is -0.445 e. The smallest absolute Gasteiger partial charge is 0.411 e. The van der Waals surface area contributed by atoms with E-state index in [1.165, 1.54) is 12.1 Å². The number of thiophene rings is 1. The van der Waals surface area contributed by atoms with Crippen LogP contribution in [0.4, 0.5) is 14.9 Å². The van der Waals surface area contributed by atoms with Crippen molar-refractivity contribution in [3.63, 3.8) is 0 Å². The van der Waals surface area contributed by atoms with E-state index in [-0.39, 0.29) is 11.9 Å². The molecular weight excluding hydrogens is 415 g/mol. The number of nitrogens with zero attached hydrogens (tertiary/aromatic N) is 1. The van der Waals surface area contributed by atoms with E-state index in [1.807, 2.05) is 29.6 Å². The molecule has 0 radical (unpaired) electrons. The molecule has 6 rings (SSSR count). The minimum absolute atomic E-state index is 0.122. The molecule has 3 saturated heterocycles. The molecule has 7 heteroatoms. The summed E-state index contributed by atoms with van der Waals surface area (Å²) >= 11 is 1.60. The number of halogens is 1. The molecule has 4 heterocycles. The van der Waals surface area contributed by atoms with Gasteiger partial charge in [0.05, 0.1) is 19.8 Å². The predicted molar refractivity (Wildman–Crippen MR) is 119 cm³/mol. The lowest BCUT2D eigenvalue weighted by molar-refractivity contribution is -0.938. The maximum Gasteiger partial charge on any atom is 0.411 e. The first kappa shape index (κ1) is 19.2. The molecule has 0 saturated carbocycles. The zero-order valence-electron chi connectivity index (χ0n) is 17.4. The number of morpholine rings is 1. The Hall–Kier alpha value is -2.48. The molecule has 5 nitrogen and oxygen atoms in total. The van der Waals surface area contributed by atoms with Gasteiger partial charge in [-0.3, -0.25) is 5.32 Å². The van der Waals surface area contributed by atoms with Crippen molar-refractivity contribution in [1.29, 1.82) is 0 Å². The molecule has 1 aromatic heterocycles. The summed E-state index contributed by atoms with van der Waals surface area (Å²) in [5.41, 5.74) is 2.11. The highest BCUT2D eigenvalue weighted by Gasteiger charge is 2.70. The van der Waals surface area contributed by atoms with Crippen LogP contribution in [0, 0.1) is 5.82 Å². The molecular formula is C24H24FN2O3S+. The molecule has 5 atom stereocenters. The topological polar surface area (TPSA) is 50.9 Å². The summed E-state index contributed by atoms with van der Waals surface area (Å²) in [5, 5.41) is 5.91. The molecule has 0 aliphatic carbocycles. The number of benzene rings is 2. The highest BCUT2D eigenvalue weighted by Crippen LogP contribution is 2.51. The second-order valence-electron chi connectivity index (χ2n) is 9.29. The van der Waals surface area contributed by atoms with Gasteiger partial charge in [0, 0.05) is 34.1 Å². The molecule has 3 fully saturated rings. The van der Waals surface area contributed by atoms with Gasteiger partial charge < -0.3 is 14.0 Å². The SMILES string of the molecule is C[N+]1(C)[C@@H]2CC(OC(=O)Nc3ccc(F)cc3-c3csc4ccccc34)C[C@H]1[C@@H]1O[C@@H]12. The standard InChI is InChI=1S/C24H23FN2O3S/c1-27(2)19-10-14(11-20(27)23-22(19)30-23)29-24(28)26-18-8-7-13(25)9-16(18)17-12-31-21-6-4-3-5-15(17)21/h3-9,12,14,19-20,22-23H,10-11H2,1-2H3/p+1/t14?,19-,20+,22-,23+. The highest BCUT2D eigenvalue weighted by atomic mass is 32.1. The van der Waals surface area contributed by atoms with Crippen LogP contribution in [0.2, 0.25) is 0 Å². The molecule has 0 spiro atoms. The van der Waals surface area contributed by atoms with Crippen molar-refractivity contribution in [2.45, 2.75) is 43.2 Å². The molecule has 3 aromatic rings. The largest absolute Gasteiger partial charge is 0.445 e. The second-order valence-corrected chi connectivity index (χ2v) is 10.2. The van der Waals surface area contributed by atoms with Crippen molar-refractivity contribution >= 4 is 33.2 Å². The summed E-state index contributed by atoms with van der Waals surface area (Å²) in [7, 11) is 4.49. The lowest BCUT2D eigenvalue weighted by Crippen LogP contribution is -2.60. The number of carbonyl (C=O) groups excluding carboxylic acids is 1. The lowest BCUT2D eigenvalue weighted by atomic mass is 9.96. The van der Waals surface area contributed by atoms with Gasteiger partial charge in [-0.1, -0.05) is 18.2 Å². The van der Waals surface area contributed by atoms with Gasteiger partial charge in [-0.2, -0.15) is 0 Å². The van der Waals surface area contributed by atoms with Crippen LogP contribution in [0.5, 0.6) is 0 Å². The number of rotatable bonds is 3. The fourth-order valence-electron chi connectivity index (χ4n) is 5.63. The average Bonchev–Trinajstić information content (AvgIpc) is 3.37. The van der Waals surface area contributed by atoms with Gasteiger partial charge in [-0.25, -0.2) is 9.18 Å². The first-order valence-corrected chi connectivity index (χ1v) is 11.5. The number of piperidine rings is 1. The summed E-state index contributed by atoms with van der Waals surface area (Å²) in [6.07, 6.45) is 1.63. The van der Waals surface area contributed by atoms with Crippen molar-refractivity contribution in [2.24, 2.45) is 0 Å². The lowest BCUT2D eigenvalue weighted by Gasteiger charge is -2.45. The van der Waals surface area contributed by atoms with Crippen molar-refractivity contribution in [1.82, 2.24) is 0 Å². The Morgan fingerprint density at radius 3 is 2.65 bits per heavy atom. The van der Waals surface area contributed by atoms with Gasteiger partial charge in [-0.05, 0) is 29.6 Å². The molecule has 1 amide bonds. The number of carbonyl (C=O) groups is 1. The van der Waals surface area contributed by atoms with Crippen LogP contribution in [0.3, 0.4) is 0 Å². The van der Waals surface area contributed by atoms with Gasteiger partial charge in [-0.15, -0.1) is 11.3 Å². The Morgan fingerprint density at radius 2 is 1.87 bits per heavy atom. The third-order valence-electron chi connectivity index (χ3n) is 7.30. The van der Waals surface area contributed by atoms with Crippen molar-refractivity contribution in [3.8, 4) is 11.1 Å². The monoisotopic (exact) mass is 439 g/mol. The third-order valence-corrected chi connectivity index (χ3v) is 8.26. The molecule has 1 unspecified atom stereocenters. The quantitative estimate of drug-likeness (QED) is 0.461. The molecule has 1 N–H and O–H groups in total. The number of hydrogen-bond donors (Lipinski definition) is 1. The highest BCUT2D eigenvalue weighted by molar-refractivity contribution is 7.17. The van der Waals surface area contributed by atoms with Crippen LogP contribution in [-0.2, 0) is 9.47 Å². The van der Waals surface area contributed by atoms with E-state index in [9.17, 15) is 9.18 Å². The Kier molecular flexibility index (Phi) is 4.19. The summed E-state index contributed by atoms with van der Waals surface area (Å²) in [5.74, 6) is -0.340. The Balaban J connectivity index is 1.22. The van der Waals surface area contributed by atoms with Crippen molar-refractivity contribution < 1.29 is 23.1 Å². The van der Waals surface area contributed by atoms with Crippen molar-refractivity contribution in [3.05, 3.63) is 53.7 Å². The Labute approximate surface area is 184 Å². The summed E-state index contributed by atoms with van der Waals surface area (Å²) < 4.78 is 27.8. The van der Waals surface area contributed by atoms with Crippen LogP contribution in [0.25, 0.3) is 21.2 Å². The molecule has 3 aliphatic heterocycles. The number of hydrogen-bond acceptors (Lipinski definition) is 4. The van der Waals surface area contributed by atoms with E-state index in [1.54, 1.807) is 17.4 Å². The van der Waals surface area contributed by atoms with E-state index in [0.29, 0.717) is 35.5 Å². The van der Waals surface area contributed by atoms with Gasteiger partial charge in [0.25, 0.3) is 0 Å². The van der Waals surface area contributed by atoms with Crippen LogP contribution in [0.15, 0.2) is 47.8 Å². The minimum atomic E-state index is -0.487. The van der Waals surface area contributed by atoms with E-state index in [0.717, 1.165) is 33.0 Å². The second kappa shape index (κ2) is 6.76. The third kappa shape index (κ3) is 3.06. The Morgan fingerprint density at radius 1 is 1.13 bits per heavy atom. The number of amides is 1. The van der Waals surface area contributed by atoms with E-state index in [4.69, 9.17) is 9.47 Å². The fraction of sp³-hybridized carbons (Fsp3) is 0.375. The molecule has 31 heavy (non-hydrogen) atoms. The number of fused-ring (bicyclic) bond motifs is 6. The average molecular weight is 440 g/mol. The number of nitrogens with one attached hydrogen (secondary N) is 1. The molecule has 3 aliphatic rings. The van der Waals surface area contributed by atoms with Gasteiger partial charge in [0.1, 0.15) is 36.2 Å². The van der Waals surface area contributed by atoms with Gasteiger partial charge in [0.15, 0.2) is 0 Å². The first-order chi connectivity index (χ1) is 14.9. The van der Waals surface area contributed by atoms with Gasteiger partial charge in [0.2, 0.25) is 0 Å². The van der Waals surface area contributed by atoms with E-state index >= 15 is 0 Å².